The fourth-order valence-electron chi connectivity index (χ4n) is 0.923. The Morgan fingerprint density at radius 3 is 2.88 bits per heavy atom. The van der Waals surface area contributed by atoms with Gasteiger partial charge in [0.25, 0.3) is 0 Å². The molecule has 0 amide bonds. The van der Waals surface area contributed by atoms with Crippen LogP contribution >= 0.6 is 27.5 Å². The van der Waals surface area contributed by atoms with E-state index in [0.717, 1.165) is 0 Å². The largest absolute Gasteiger partial charge is 0.244 e. The van der Waals surface area contributed by atoms with E-state index in [-0.39, 0.29) is 10.0 Å². The highest BCUT2D eigenvalue weighted by atomic mass is 79.9. The first kappa shape index (κ1) is 13.5. The van der Waals surface area contributed by atoms with Crippen molar-refractivity contribution in [2.24, 2.45) is 0 Å². The molecule has 86 valence electrons. The minimum absolute atomic E-state index is 0.0973. The number of hydrogen-bond donors (Lipinski definition) is 1. The van der Waals surface area contributed by atoms with Gasteiger partial charge in [-0.25, -0.2) is 13.4 Å². The Morgan fingerprint density at radius 1 is 1.69 bits per heavy atom. The van der Waals surface area contributed by atoms with Crippen molar-refractivity contribution in [2.45, 2.75) is 17.9 Å². The first-order valence-electron chi connectivity index (χ1n) is 4.16. The molecule has 1 rings (SSSR count). The van der Waals surface area contributed by atoms with Crippen molar-refractivity contribution < 1.29 is 8.42 Å². The number of rotatable bonds is 3. The number of aromatic nitrogens is 1. The fraction of sp³-hybridized carbons (Fsp3) is 0.222. The molecule has 0 aromatic carbocycles. The van der Waals surface area contributed by atoms with Crippen molar-refractivity contribution in [3.63, 3.8) is 0 Å². The summed E-state index contributed by atoms with van der Waals surface area (Å²) >= 11 is 8.82. The topological polar surface area (TPSA) is 59.1 Å². The number of hydrogen-bond acceptors (Lipinski definition) is 3. The summed E-state index contributed by atoms with van der Waals surface area (Å²) < 4.78 is 26.4. The Kier molecular flexibility index (Phi) is 4.33. The monoisotopic (exact) mass is 322 g/mol. The maximum Gasteiger partial charge on any atom is 0.244 e. The lowest BCUT2D eigenvalue weighted by atomic mass is 10.4. The molecule has 0 aliphatic carbocycles. The molecule has 0 bridgehead atoms. The van der Waals surface area contributed by atoms with Crippen molar-refractivity contribution in [2.75, 3.05) is 0 Å². The molecule has 1 N–H and O–H groups in total. The van der Waals surface area contributed by atoms with Gasteiger partial charge in [0.2, 0.25) is 10.0 Å². The van der Waals surface area contributed by atoms with E-state index in [0.29, 0.717) is 4.47 Å². The lowest BCUT2D eigenvalue weighted by Crippen LogP contribution is -2.31. The fourth-order valence-corrected chi connectivity index (χ4v) is 3.03. The average Bonchev–Trinajstić information content (AvgIpc) is 2.20. The minimum atomic E-state index is -3.74. The van der Waals surface area contributed by atoms with Crippen molar-refractivity contribution in [1.29, 1.82) is 0 Å². The van der Waals surface area contributed by atoms with Crippen molar-refractivity contribution in [3.8, 4) is 12.3 Å². The maximum absolute atomic E-state index is 11.8. The van der Waals surface area contributed by atoms with E-state index >= 15 is 0 Å². The predicted octanol–water partition coefficient (Wildman–Crippen LogP) is 1.80. The molecule has 16 heavy (non-hydrogen) atoms. The van der Waals surface area contributed by atoms with Gasteiger partial charge in [-0.05, 0) is 28.9 Å². The third-order valence-electron chi connectivity index (χ3n) is 1.64. The average molecular weight is 324 g/mol. The lowest BCUT2D eigenvalue weighted by molar-refractivity contribution is 0.577. The van der Waals surface area contributed by atoms with Gasteiger partial charge in [0, 0.05) is 10.7 Å². The number of halogens is 2. The molecule has 1 aromatic heterocycles. The van der Waals surface area contributed by atoms with Crippen LogP contribution in [0.1, 0.15) is 6.92 Å². The molecule has 0 saturated heterocycles. The Bertz CT molecular complexity index is 539. The molecule has 4 nitrogen and oxygen atoms in total. The molecule has 0 aliphatic rings. The van der Waals surface area contributed by atoms with E-state index < -0.39 is 16.1 Å². The van der Waals surface area contributed by atoms with E-state index in [1.54, 1.807) is 6.92 Å². The van der Waals surface area contributed by atoms with Gasteiger partial charge in [0.15, 0.2) is 0 Å². The number of sulfonamides is 1. The molecule has 0 aliphatic heterocycles. The molecule has 0 fully saturated rings. The van der Waals surface area contributed by atoms with E-state index in [4.69, 9.17) is 18.0 Å². The predicted molar refractivity (Wildman–Crippen MR) is 65.6 cm³/mol. The molecule has 0 saturated carbocycles. The Morgan fingerprint density at radius 2 is 2.31 bits per heavy atom. The summed E-state index contributed by atoms with van der Waals surface area (Å²) in [7, 11) is -3.74. The summed E-state index contributed by atoms with van der Waals surface area (Å²) in [6.07, 6.45) is 6.50. The second-order valence-electron chi connectivity index (χ2n) is 2.95. The molecule has 1 atom stereocenters. The smallest absolute Gasteiger partial charge is 0.242 e. The number of nitrogens with zero attached hydrogens (tertiary/aromatic N) is 1. The van der Waals surface area contributed by atoms with Gasteiger partial charge in [-0.15, -0.1) is 6.42 Å². The second-order valence-corrected chi connectivity index (χ2v) is 5.91. The van der Waals surface area contributed by atoms with Crippen LogP contribution in [-0.2, 0) is 10.0 Å². The zero-order valence-electron chi connectivity index (χ0n) is 8.24. The highest BCUT2D eigenvalue weighted by molar-refractivity contribution is 9.10. The SMILES string of the molecule is C#CC(C)NS(=O)(=O)c1cc(Br)cnc1Cl. The van der Waals surface area contributed by atoms with E-state index in [1.165, 1.54) is 12.3 Å². The number of terminal acetylenes is 1. The molecule has 0 radical (unpaired) electrons. The van der Waals surface area contributed by atoms with Crippen LogP contribution in [0.15, 0.2) is 21.6 Å². The molecule has 0 spiro atoms. The van der Waals surface area contributed by atoms with Gasteiger partial charge < -0.3 is 0 Å². The van der Waals surface area contributed by atoms with Crippen LogP contribution in [0.4, 0.5) is 0 Å². The molecular formula is C9H8BrClN2O2S. The third-order valence-corrected chi connectivity index (χ3v) is 4.05. The van der Waals surface area contributed by atoms with Crippen LogP contribution in [0.2, 0.25) is 5.15 Å². The van der Waals surface area contributed by atoms with Gasteiger partial charge >= 0.3 is 0 Å². The van der Waals surface area contributed by atoms with Gasteiger partial charge in [-0.3, -0.25) is 0 Å². The van der Waals surface area contributed by atoms with Crippen LogP contribution in [0.5, 0.6) is 0 Å². The summed E-state index contributed by atoms with van der Waals surface area (Å²) in [4.78, 5) is 3.62. The van der Waals surface area contributed by atoms with Crippen molar-refractivity contribution in [1.82, 2.24) is 9.71 Å². The van der Waals surface area contributed by atoms with Gasteiger partial charge in [0.05, 0.1) is 6.04 Å². The summed E-state index contributed by atoms with van der Waals surface area (Å²) in [6, 6.07) is 0.751. The number of pyridine rings is 1. The molecule has 7 heteroatoms. The van der Waals surface area contributed by atoms with Gasteiger partial charge in [-0.1, -0.05) is 17.5 Å². The Hall–Kier alpha value is -0.610. The zero-order chi connectivity index (χ0) is 12.3. The minimum Gasteiger partial charge on any atom is -0.242 e. The molecular weight excluding hydrogens is 316 g/mol. The molecule has 1 aromatic rings. The van der Waals surface area contributed by atoms with E-state index in [9.17, 15) is 8.42 Å². The van der Waals surface area contributed by atoms with Crippen molar-refractivity contribution >= 4 is 37.6 Å². The summed E-state index contributed by atoms with van der Waals surface area (Å²) in [6.45, 7) is 1.55. The third kappa shape index (κ3) is 3.19. The highest BCUT2D eigenvalue weighted by Crippen LogP contribution is 2.22. The lowest BCUT2D eigenvalue weighted by Gasteiger charge is -2.09. The summed E-state index contributed by atoms with van der Waals surface area (Å²) in [5, 5.41) is -0.0973. The van der Waals surface area contributed by atoms with Crippen LogP contribution in [0.3, 0.4) is 0 Å². The van der Waals surface area contributed by atoms with Crippen LogP contribution in [-0.4, -0.2) is 19.4 Å². The number of nitrogens with one attached hydrogen (secondary N) is 1. The Labute approximate surface area is 108 Å². The highest BCUT2D eigenvalue weighted by Gasteiger charge is 2.20. The van der Waals surface area contributed by atoms with Crippen LogP contribution in [0.25, 0.3) is 0 Å². The quantitative estimate of drug-likeness (QED) is 0.681. The van der Waals surface area contributed by atoms with Crippen LogP contribution in [0, 0.1) is 12.3 Å². The first-order chi connectivity index (χ1) is 7.36. The van der Waals surface area contributed by atoms with Crippen LogP contribution < -0.4 is 4.72 Å². The van der Waals surface area contributed by atoms with E-state index in [2.05, 4.69) is 31.6 Å². The normalized spacial score (nSPS) is 13.1. The van der Waals surface area contributed by atoms with Gasteiger partial charge in [0.1, 0.15) is 10.0 Å². The maximum atomic E-state index is 11.8. The van der Waals surface area contributed by atoms with E-state index in [1.807, 2.05) is 0 Å². The van der Waals surface area contributed by atoms with Gasteiger partial charge in [-0.2, -0.15) is 4.72 Å². The summed E-state index contributed by atoms with van der Waals surface area (Å²) in [5.74, 6) is 2.26. The zero-order valence-corrected chi connectivity index (χ0v) is 11.4. The van der Waals surface area contributed by atoms with Crippen molar-refractivity contribution in [3.05, 3.63) is 21.9 Å². The first-order valence-corrected chi connectivity index (χ1v) is 6.81. The molecule has 1 unspecified atom stereocenters. The summed E-state index contributed by atoms with van der Waals surface area (Å²) in [5.41, 5.74) is 0. The Balaban J connectivity index is 3.18. The molecule has 1 heterocycles. The second kappa shape index (κ2) is 5.15. The standard InChI is InChI=1S/C9H8BrClN2O2S/c1-3-6(2)13-16(14,15)8-4-7(10)5-12-9(8)11/h1,4-6,13H,2H3.